The first-order valence-electron chi connectivity index (χ1n) is 7.99. The number of benzene rings is 3. The highest BCUT2D eigenvalue weighted by atomic mass is 16.5. The second kappa shape index (κ2) is 7.15. The van der Waals surface area contributed by atoms with Crippen molar-refractivity contribution in [3.05, 3.63) is 101 Å². The Hall–Kier alpha value is -2.54. The number of ether oxygens (including phenoxy) is 1. The van der Waals surface area contributed by atoms with Crippen molar-refractivity contribution in [1.29, 1.82) is 0 Å². The zero-order valence-electron chi connectivity index (χ0n) is 13.8. The van der Waals surface area contributed by atoms with Gasteiger partial charge in [0.1, 0.15) is 5.75 Å². The molecule has 1 heteroatoms. The minimum atomic E-state index is 0.905. The zero-order valence-corrected chi connectivity index (χ0v) is 13.8. The maximum atomic E-state index is 5.20. The summed E-state index contributed by atoms with van der Waals surface area (Å²) < 4.78 is 5.20. The van der Waals surface area contributed by atoms with Crippen LogP contribution in [0.3, 0.4) is 0 Å². The number of aryl methyl sites for hydroxylation is 1. The molecular formula is C22H22O. The molecule has 0 N–H and O–H groups in total. The van der Waals surface area contributed by atoms with Crippen molar-refractivity contribution >= 4 is 0 Å². The van der Waals surface area contributed by atoms with Crippen LogP contribution in [0, 0.1) is 6.92 Å². The standard InChI is InChI=1S/C22H22O/c1-17-3-5-18(6-4-17)15-19-7-9-20(10-8-19)16-21-11-13-22(23-2)14-12-21/h3-14H,15-16H2,1-2H3. The summed E-state index contributed by atoms with van der Waals surface area (Å²) in [6.45, 7) is 2.12. The van der Waals surface area contributed by atoms with E-state index in [4.69, 9.17) is 4.74 Å². The van der Waals surface area contributed by atoms with Crippen LogP contribution in [0.25, 0.3) is 0 Å². The van der Waals surface area contributed by atoms with Gasteiger partial charge in [0.15, 0.2) is 0 Å². The van der Waals surface area contributed by atoms with E-state index < -0.39 is 0 Å². The molecule has 0 fully saturated rings. The van der Waals surface area contributed by atoms with E-state index in [2.05, 4.69) is 67.6 Å². The lowest BCUT2D eigenvalue weighted by molar-refractivity contribution is 0.414. The Balaban J connectivity index is 1.65. The first-order valence-corrected chi connectivity index (χ1v) is 7.99. The molecule has 0 heterocycles. The van der Waals surface area contributed by atoms with Gasteiger partial charge in [-0.15, -0.1) is 0 Å². The molecule has 0 bridgehead atoms. The third-order valence-corrected chi connectivity index (χ3v) is 4.12. The zero-order chi connectivity index (χ0) is 16.1. The Morgan fingerprint density at radius 2 is 0.913 bits per heavy atom. The molecule has 23 heavy (non-hydrogen) atoms. The molecule has 1 nitrogen and oxygen atoms in total. The van der Waals surface area contributed by atoms with Crippen LogP contribution in [-0.4, -0.2) is 7.11 Å². The van der Waals surface area contributed by atoms with Crippen molar-refractivity contribution in [3.8, 4) is 5.75 Å². The molecule has 0 aromatic heterocycles. The quantitative estimate of drug-likeness (QED) is 0.630. The number of hydrogen-bond acceptors (Lipinski definition) is 1. The van der Waals surface area contributed by atoms with E-state index in [0.717, 1.165) is 18.6 Å². The van der Waals surface area contributed by atoms with Crippen LogP contribution in [0.1, 0.15) is 27.8 Å². The lowest BCUT2D eigenvalue weighted by atomic mass is 10.00. The second-order valence-corrected chi connectivity index (χ2v) is 6.00. The first kappa shape index (κ1) is 15.4. The normalized spacial score (nSPS) is 10.5. The fraction of sp³-hybridized carbons (Fsp3) is 0.182. The predicted molar refractivity (Wildman–Crippen MR) is 96.2 cm³/mol. The summed E-state index contributed by atoms with van der Waals surface area (Å²) in [5.74, 6) is 0.905. The van der Waals surface area contributed by atoms with Gasteiger partial charge in [-0.3, -0.25) is 0 Å². The Morgan fingerprint density at radius 1 is 0.565 bits per heavy atom. The molecule has 0 atom stereocenters. The summed E-state index contributed by atoms with van der Waals surface area (Å²) in [4.78, 5) is 0. The van der Waals surface area contributed by atoms with Gasteiger partial charge in [-0.05, 0) is 54.2 Å². The van der Waals surface area contributed by atoms with E-state index in [1.807, 2.05) is 12.1 Å². The summed E-state index contributed by atoms with van der Waals surface area (Å²) in [6, 6.07) is 26.0. The van der Waals surface area contributed by atoms with Gasteiger partial charge in [0.05, 0.1) is 7.11 Å². The highest BCUT2D eigenvalue weighted by Gasteiger charge is 2.00. The van der Waals surface area contributed by atoms with Crippen LogP contribution in [0.4, 0.5) is 0 Å². The van der Waals surface area contributed by atoms with Crippen LogP contribution in [-0.2, 0) is 12.8 Å². The predicted octanol–water partition coefficient (Wildman–Crippen LogP) is 5.19. The van der Waals surface area contributed by atoms with Crippen molar-refractivity contribution in [2.24, 2.45) is 0 Å². The van der Waals surface area contributed by atoms with Gasteiger partial charge in [0, 0.05) is 0 Å². The minimum Gasteiger partial charge on any atom is -0.497 e. The lowest BCUT2D eigenvalue weighted by Gasteiger charge is -2.06. The summed E-state index contributed by atoms with van der Waals surface area (Å²) >= 11 is 0. The fourth-order valence-corrected chi connectivity index (χ4v) is 2.70. The third kappa shape index (κ3) is 4.23. The third-order valence-electron chi connectivity index (χ3n) is 4.12. The van der Waals surface area contributed by atoms with Crippen molar-refractivity contribution in [1.82, 2.24) is 0 Å². The van der Waals surface area contributed by atoms with Crippen molar-refractivity contribution in [2.45, 2.75) is 19.8 Å². The SMILES string of the molecule is COc1ccc(Cc2ccc(Cc3ccc(C)cc3)cc2)cc1. The van der Waals surface area contributed by atoms with E-state index in [9.17, 15) is 0 Å². The summed E-state index contributed by atoms with van der Waals surface area (Å²) in [5, 5.41) is 0. The molecule has 0 amide bonds. The number of rotatable bonds is 5. The summed E-state index contributed by atoms with van der Waals surface area (Å²) in [6.07, 6.45) is 1.94. The van der Waals surface area contributed by atoms with E-state index >= 15 is 0 Å². The Bertz CT molecular complexity index is 737. The monoisotopic (exact) mass is 302 g/mol. The molecule has 116 valence electrons. The average Bonchev–Trinajstić information content (AvgIpc) is 2.59. The molecule has 3 aromatic rings. The molecule has 0 saturated heterocycles. The van der Waals surface area contributed by atoms with Crippen LogP contribution in [0.2, 0.25) is 0 Å². The minimum absolute atomic E-state index is 0.905. The highest BCUT2D eigenvalue weighted by Crippen LogP contribution is 2.16. The number of hydrogen-bond donors (Lipinski definition) is 0. The van der Waals surface area contributed by atoms with E-state index in [0.29, 0.717) is 0 Å². The van der Waals surface area contributed by atoms with Crippen molar-refractivity contribution in [3.63, 3.8) is 0 Å². The van der Waals surface area contributed by atoms with E-state index in [1.54, 1.807) is 7.11 Å². The molecular weight excluding hydrogens is 280 g/mol. The second-order valence-electron chi connectivity index (χ2n) is 6.00. The molecule has 3 aromatic carbocycles. The maximum absolute atomic E-state index is 5.20. The maximum Gasteiger partial charge on any atom is 0.118 e. The van der Waals surface area contributed by atoms with Crippen molar-refractivity contribution < 1.29 is 4.74 Å². The smallest absolute Gasteiger partial charge is 0.118 e. The summed E-state index contributed by atoms with van der Waals surface area (Å²) in [5.41, 5.74) is 6.66. The molecule has 0 spiro atoms. The lowest BCUT2D eigenvalue weighted by Crippen LogP contribution is -1.92. The Kier molecular flexibility index (Phi) is 4.77. The van der Waals surface area contributed by atoms with E-state index in [1.165, 1.54) is 27.8 Å². The highest BCUT2D eigenvalue weighted by molar-refractivity contribution is 5.34. The molecule has 0 aliphatic carbocycles. The van der Waals surface area contributed by atoms with Crippen molar-refractivity contribution in [2.75, 3.05) is 7.11 Å². The van der Waals surface area contributed by atoms with Crippen LogP contribution in [0.15, 0.2) is 72.8 Å². The Morgan fingerprint density at radius 3 is 1.30 bits per heavy atom. The molecule has 0 aliphatic rings. The van der Waals surface area contributed by atoms with Crippen LogP contribution >= 0.6 is 0 Å². The molecule has 0 aliphatic heterocycles. The first-order chi connectivity index (χ1) is 11.2. The molecule has 0 radical (unpaired) electrons. The fourth-order valence-electron chi connectivity index (χ4n) is 2.70. The van der Waals surface area contributed by atoms with Gasteiger partial charge in [-0.25, -0.2) is 0 Å². The molecule has 0 unspecified atom stereocenters. The summed E-state index contributed by atoms with van der Waals surface area (Å²) in [7, 11) is 1.70. The van der Waals surface area contributed by atoms with E-state index in [-0.39, 0.29) is 0 Å². The van der Waals surface area contributed by atoms with Gasteiger partial charge < -0.3 is 4.74 Å². The van der Waals surface area contributed by atoms with Gasteiger partial charge >= 0.3 is 0 Å². The molecule has 0 saturated carbocycles. The topological polar surface area (TPSA) is 9.23 Å². The largest absolute Gasteiger partial charge is 0.497 e. The van der Waals surface area contributed by atoms with Gasteiger partial charge in [0.2, 0.25) is 0 Å². The Labute approximate surface area is 138 Å². The van der Waals surface area contributed by atoms with Gasteiger partial charge in [0.25, 0.3) is 0 Å². The van der Waals surface area contributed by atoms with Gasteiger partial charge in [-0.1, -0.05) is 66.2 Å². The average molecular weight is 302 g/mol. The van der Waals surface area contributed by atoms with Gasteiger partial charge in [-0.2, -0.15) is 0 Å². The van der Waals surface area contributed by atoms with Crippen LogP contribution < -0.4 is 4.74 Å². The van der Waals surface area contributed by atoms with Crippen LogP contribution in [0.5, 0.6) is 5.75 Å². The number of methoxy groups -OCH3 is 1. The molecule has 3 rings (SSSR count).